The van der Waals surface area contributed by atoms with Crippen molar-refractivity contribution >= 4 is 18.3 Å². The van der Waals surface area contributed by atoms with Crippen molar-refractivity contribution in [3.05, 3.63) is 0 Å². The smallest absolute Gasteiger partial charge is 0.410 e. The molecule has 0 aromatic carbocycles. The van der Waals surface area contributed by atoms with Gasteiger partial charge in [-0.15, -0.1) is 0 Å². The first kappa shape index (κ1) is 25.8. The van der Waals surface area contributed by atoms with Gasteiger partial charge in [0.25, 0.3) is 0 Å². The molecule has 0 saturated carbocycles. The minimum Gasteiger partial charge on any atom is -0.465 e. The molecule has 0 aromatic rings. The Morgan fingerprint density at radius 2 is 1.25 bits per heavy atom. The molecule has 9 nitrogen and oxygen atoms in total. The van der Waals surface area contributed by atoms with Gasteiger partial charge in [-0.05, 0) is 67.2 Å². The van der Waals surface area contributed by atoms with Gasteiger partial charge >= 0.3 is 18.3 Å². The van der Waals surface area contributed by atoms with Crippen LogP contribution in [0.5, 0.6) is 0 Å². The van der Waals surface area contributed by atoms with Gasteiger partial charge in [0.15, 0.2) is 0 Å². The fraction of sp³-hybridized carbons (Fsp3) is 0.842. The minimum atomic E-state index is -1.05. The van der Waals surface area contributed by atoms with Crippen LogP contribution in [0.3, 0.4) is 0 Å². The van der Waals surface area contributed by atoms with Crippen molar-refractivity contribution in [1.29, 1.82) is 0 Å². The molecule has 0 aliphatic carbocycles. The molecule has 164 valence electrons. The largest absolute Gasteiger partial charge is 0.465 e. The standard InChI is InChI=1S/C19H37N3O6/c1-18(2,3)27-16(25)21-12-8-10-14-22(17(26)28-19(4,5)6)13-9-7-11-20-15(23)24/h20H,7-14H2,1-6H3,(H,21,25)(H,23,24). The van der Waals surface area contributed by atoms with Gasteiger partial charge in [0.1, 0.15) is 11.2 Å². The summed E-state index contributed by atoms with van der Waals surface area (Å²) >= 11 is 0. The molecule has 0 bridgehead atoms. The Morgan fingerprint density at radius 1 is 0.786 bits per heavy atom. The van der Waals surface area contributed by atoms with Crippen LogP contribution < -0.4 is 10.6 Å². The number of alkyl carbamates (subject to hydrolysis) is 1. The Kier molecular flexibility index (Phi) is 11.3. The van der Waals surface area contributed by atoms with Gasteiger partial charge in [0.05, 0.1) is 0 Å². The van der Waals surface area contributed by atoms with Crippen LogP contribution in [0.25, 0.3) is 0 Å². The second kappa shape index (κ2) is 12.3. The van der Waals surface area contributed by atoms with Crippen molar-refractivity contribution in [3.63, 3.8) is 0 Å². The van der Waals surface area contributed by atoms with E-state index in [9.17, 15) is 14.4 Å². The maximum absolute atomic E-state index is 12.4. The summed E-state index contributed by atoms with van der Waals surface area (Å²) in [6, 6.07) is 0. The molecule has 0 atom stereocenters. The zero-order valence-corrected chi connectivity index (χ0v) is 18.1. The van der Waals surface area contributed by atoms with E-state index < -0.39 is 29.5 Å². The van der Waals surface area contributed by atoms with Crippen LogP contribution >= 0.6 is 0 Å². The highest BCUT2D eigenvalue weighted by Crippen LogP contribution is 2.11. The number of carbonyl (C=O) groups is 3. The third kappa shape index (κ3) is 16.0. The first-order valence-corrected chi connectivity index (χ1v) is 9.72. The third-order valence-electron chi connectivity index (χ3n) is 3.31. The van der Waals surface area contributed by atoms with Crippen LogP contribution in [0.15, 0.2) is 0 Å². The predicted molar refractivity (Wildman–Crippen MR) is 107 cm³/mol. The fourth-order valence-corrected chi connectivity index (χ4v) is 2.18. The van der Waals surface area contributed by atoms with Gasteiger partial charge in [-0.25, -0.2) is 14.4 Å². The Labute approximate surface area is 168 Å². The molecule has 0 radical (unpaired) electrons. The van der Waals surface area contributed by atoms with E-state index in [0.717, 1.165) is 0 Å². The molecule has 0 heterocycles. The number of hydrogen-bond acceptors (Lipinski definition) is 5. The van der Waals surface area contributed by atoms with Gasteiger partial charge in [0.2, 0.25) is 0 Å². The van der Waals surface area contributed by atoms with Gasteiger partial charge in [-0.2, -0.15) is 0 Å². The van der Waals surface area contributed by atoms with Crippen molar-refractivity contribution in [2.45, 2.75) is 78.4 Å². The summed E-state index contributed by atoms with van der Waals surface area (Å²) in [7, 11) is 0. The molecular weight excluding hydrogens is 366 g/mol. The lowest BCUT2D eigenvalue weighted by Crippen LogP contribution is -2.38. The minimum absolute atomic E-state index is 0.345. The van der Waals surface area contributed by atoms with E-state index in [1.54, 1.807) is 25.7 Å². The van der Waals surface area contributed by atoms with Crippen LogP contribution in [-0.2, 0) is 9.47 Å². The number of nitrogens with one attached hydrogen (secondary N) is 2. The molecule has 0 rings (SSSR count). The highest BCUT2D eigenvalue weighted by atomic mass is 16.6. The van der Waals surface area contributed by atoms with E-state index in [2.05, 4.69) is 10.6 Å². The van der Waals surface area contributed by atoms with E-state index in [1.165, 1.54) is 0 Å². The Hall–Kier alpha value is -2.19. The summed E-state index contributed by atoms with van der Waals surface area (Å²) in [4.78, 5) is 36.0. The second-order valence-electron chi connectivity index (χ2n) is 8.54. The van der Waals surface area contributed by atoms with Gasteiger partial charge in [-0.1, -0.05) is 0 Å². The van der Waals surface area contributed by atoms with Crippen molar-refractivity contribution in [2.24, 2.45) is 0 Å². The van der Waals surface area contributed by atoms with Crippen LogP contribution in [-0.4, -0.2) is 65.7 Å². The van der Waals surface area contributed by atoms with Gasteiger partial charge in [-0.3, -0.25) is 0 Å². The average molecular weight is 404 g/mol. The lowest BCUT2D eigenvalue weighted by atomic mass is 10.2. The SMILES string of the molecule is CC(C)(C)OC(=O)NCCCCN(CCCCNC(=O)O)C(=O)OC(C)(C)C. The van der Waals surface area contributed by atoms with E-state index in [4.69, 9.17) is 14.6 Å². The first-order valence-electron chi connectivity index (χ1n) is 9.72. The number of unbranched alkanes of at least 4 members (excludes halogenated alkanes) is 2. The molecular formula is C19H37N3O6. The Balaban J connectivity index is 4.31. The van der Waals surface area contributed by atoms with Crippen molar-refractivity contribution < 1.29 is 29.0 Å². The second-order valence-corrected chi connectivity index (χ2v) is 8.54. The highest BCUT2D eigenvalue weighted by molar-refractivity contribution is 5.68. The van der Waals surface area contributed by atoms with Gasteiger partial charge in [0, 0.05) is 26.2 Å². The number of hydrogen-bond donors (Lipinski definition) is 3. The maximum Gasteiger partial charge on any atom is 0.410 e. The molecule has 0 saturated heterocycles. The molecule has 9 heteroatoms. The summed E-state index contributed by atoms with van der Waals surface area (Å²) < 4.78 is 10.6. The first-order chi connectivity index (χ1) is 12.8. The van der Waals surface area contributed by atoms with Gasteiger partial charge < -0.3 is 30.1 Å². The summed E-state index contributed by atoms with van der Waals surface area (Å²) in [6.45, 7) is 12.6. The van der Waals surface area contributed by atoms with E-state index >= 15 is 0 Å². The molecule has 0 spiro atoms. The van der Waals surface area contributed by atoms with Crippen LogP contribution in [0.2, 0.25) is 0 Å². The topological polar surface area (TPSA) is 117 Å². The number of carboxylic acid groups (broad SMARTS) is 1. The highest BCUT2D eigenvalue weighted by Gasteiger charge is 2.21. The maximum atomic E-state index is 12.4. The molecule has 3 N–H and O–H groups in total. The van der Waals surface area contributed by atoms with Crippen LogP contribution in [0.4, 0.5) is 14.4 Å². The normalized spacial score (nSPS) is 11.5. The zero-order valence-electron chi connectivity index (χ0n) is 18.1. The van der Waals surface area contributed by atoms with Crippen LogP contribution in [0, 0.1) is 0 Å². The van der Waals surface area contributed by atoms with E-state index in [0.29, 0.717) is 51.9 Å². The molecule has 0 aliphatic rings. The number of nitrogens with zero attached hydrogens (tertiary/aromatic N) is 1. The number of amides is 3. The van der Waals surface area contributed by atoms with Crippen LogP contribution in [0.1, 0.15) is 67.2 Å². The summed E-state index contributed by atoms with van der Waals surface area (Å²) in [5.41, 5.74) is -1.12. The zero-order chi connectivity index (χ0) is 21.8. The molecule has 0 aromatic heterocycles. The number of carbonyl (C=O) groups excluding carboxylic acids is 2. The molecule has 0 unspecified atom stereocenters. The monoisotopic (exact) mass is 403 g/mol. The predicted octanol–water partition coefficient (Wildman–Crippen LogP) is 3.58. The summed E-state index contributed by atoms with van der Waals surface area (Å²) in [5, 5.41) is 13.6. The summed E-state index contributed by atoms with van der Waals surface area (Å²) in [5.74, 6) is 0. The molecule has 0 aliphatic heterocycles. The van der Waals surface area contributed by atoms with Crippen molar-refractivity contribution in [1.82, 2.24) is 15.5 Å². The Morgan fingerprint density at radius 3 is 1.68 bits per heavy atom. The quantitative estimate of drug-likeness (QED) is 0.480. The Bertz CT molecular complexity index is 497. The third-order valence-corrected chi connectivity index (χ3v) is 3.31. The number of ether oxygens (including phenoxy) is 2. The van der Waals surface area contributed by atoms with E-state index in [-0.39, 0.29) is 0 Å². The molecule has 3 amide bonds. The lowest BCUT2D eigenvalue weighted by molar-refractivity contribution is 0.0242. The summed E-state index contributed by atoms with van der Waals surface area (Å²) in [6.07, 6.45) is 0.783. The van der Waals surface area contributed by atoms with Crippen molar-refractivity contribution in [2.75, 3.05) is 26.2 Å². The average Bonchev–Trinajstić information content (AvgIpc) is 2.48. The number of rotatable bonds is 10. The lowest BCUT2D eigenvalue weighted by Gasteiger charge is -2.27. The fourth-order valence-electron chi connectivity index (χ4n) is 2.18. The molecule has 0 fully saturated rings. The van der Waals surface area contributed by atoms with E-state index in [1.807, 2.05) is 20.8 Å². The molecule has 28 heavy (non-hydrogen) atoms. The van der Waals surface area contributed by atoms with Crippen molar-refractivity contribution in [3.8, 4) is 0 Å².